The summed E-state index contributed by atoms with van der Waals surface area (Å²) >= 11 is 0. The van der Waals surface area contributed by atoms with Crippen LogP contribution in [0.3, 0.4) is 0 Å². The van der Waals surface area contributed by atoms with Crippen LogP contribution >= 0.6 is 0 Å². The van der Waals surface area contributed by atoms with Gasteiger partial charge in [-0.2, -0.15) is 0 Å². The van der Waals surface area contributed by atoms with Gasteiger partial charge in [-0.3, -0.25) is 0 Å². The molecule has 154 valence electrons. The fraction of sp³-hybridized carbons (Fsp3) is 0.667. The first-order chi connectivity index (χ1) is 13.0. The van der Waals surface area contributed by atoms with Crippen molar-refractivity contribution in [2.45, 2.75) is 90.3 Å². The van der Waals surface area contributed by atoms with E-state index < -0.39 is 16.6 Å². The van der Waals surface area contributed by atoms with Gasteiger partial charge in [-0.25, -0.2) is 0 Å². The Labute approximate surface area is 174 Å². The van der Waals surface area contributed by atoms with Crippen LogP contribution in [0.25, 0.3) is 0 Å². The summed E-state index contributed by atoms with van der Waals surface area (Å²) in [4.78, 5) is 0. The van der Waals surface area contributed by atoms with Gasteiger partial charge < -0.3 is 8.85 Å². The van der Waals surface area contributed by atoms with E-state index >= 15 is 0 Å². The van der Waals surface area contributed by atoms with E-state index in [9.17, 15) is 0 Å². The lowest BCUT2D eigenvalue weighted by Gasteiger charge is -2.48. The molecule has 3 aliphatic rings. The molecule has 1 aromatic carbocycles. The highest BCUT2D eigenvalue weighted by Crippen LogP contribution is 2.60. The standard InChI is InChI=1S/C24H38O2Si2/c1-24-15-14-20-19-11-9-18(25-27(2,3)4)16-17(19)8-10-21(20)22(24)12-13-23(24)26-28(5,6)7/h9-11,16,20,22-23H,8,12-15H2,1-7H3. The van der Waals surface area contributed by atoms with Gasteiger partial charge >= 0.3 is 0 Å². The summed E-state index contributed by atoms with van der Waals surface area (Å²) in [7, 11) is -3.06. The summed E-state index contributed by atoms with van der Waals surface area (Å²) in [6.07, 6.45) is 9.21. The molecular weight excluding hydrogens is 376 g/mol. The maximum atomic E-state index is 6.68. The third-order valence-electron chi connectivity index (χ3n) is 6.99. The molecule has 0 saturated heterocycles. The molecule has 4 rings (SSSR count). The summed E-state index contributed by atoms with van der Waals surface area (Å²) in [6, 6.07) is 6.91. The summed E-state index contributed by atoms with van der Waals surface area (Å²) in [5.41, 5.74) is 5.11. The molecule has 3 aliphatic carbocycles. The Kier molecular flexibility index (Phi) is 5.00. The van der Waals surface area contributed by atoms with Crippen LogP contribution < -0.4 is 4.43 Å². The van der Waals surface area contributed by atoms with Crippen molar-refractivity contribution in [3.05, 3.63) is 41.0 Å². The van der Waals surface area contributed by atoms with Gasteiger partial charge in [0.2, 0.25) is 8.32 Å². The molecule has 2 fully saturated rings. The quantitative estimate of drug-likeness (QED) is 0.394. The minimum atomic E-state index is -1.56. The number of fused-ring (bicyclic) bond motifs is 5. The molecule has 0 heterocycles. The molecule has 4 unspecified atom stereocenters. The van der Waals surface area contributed by atoms with Crippen LogP contribution in [0.2, 0.25) is 39.3 Å². The van der Waals surface area contributed by atoms with Crippen LogP contribution in [-0.4, -0.2) is 22.7 Å². The Balaban J connectivity index is 1.58. The smallest absolute Gasteiger partial charge is 0.242 e. The minimum absolute atomic E-state index is 0.334. The van der Waals surface area contributed by atoms with Crippen molar-refractivity contribution in [1.82, 2.24) is 0 Å². The van der Waals surface area contributed by atoms with Crippen LogP contribution in [0.15, 0.2) is 29.8 Å². The molecule has 0 aliphatic heterocycles. The summed E-state index contributed by atoms with van der Waals surface area (Å²) in [6.45, 7) is 16.3. The molecule has 0 aromatic heterocycles. The molecule has 0 bridgehead atoms. The second-order valence-corrected chi connectivity index (χ2v) is 20.3. The molecule has 0 radical (unpaired) electrons. The van der Waals surface area contributed by atoms with Gasteiger partial charge in [-0.05, 0) is 106 Å². The average molecular weight is 415 g/mol. The van der Waals surface area contributed by atoms with Crippen LogP contribution in [0.4, 0.5) is 0 Å². The largest absolute Gasteiger partial charge is 0.544 e. The number of allylic oxidation sites excluding steroid dienone is 2. The zero-order valence-electron chi connectivity index (χ0n) is 18.9. The molecule has 4 atom stereocenters. The first kappa shape index (κ1) is 20.4. The lowest BCUT2D eigenvalue weighted by Crippen LogP contribution is -2.44. The van der Waals surface area contributed by atoms with Crippen LogP contribution in [0, 0.1) is 11.3 Å². The normalized spacial score (nSPS) is 32.2. The van der Waals surface area contributed by atoms with E-state index in [0.29, 0.717) is 23.4 Å². The molecule has 0 N–H and O–H groups in total. The lowest BCUT2D eigenvalue weighted by molar-refractivity contribution is 0.0396. The van der Waals surface area contributed by atoms with E-state index in [-0.39, 0.29) is 0 Å². The van der Waals surface area contributed by atoms with E-state index in [1.54, 1.807) is 11.1 Å². The first-order valence-electron chi connectivity index (χ1n) is 11.2. The number of hydrogen-bond acceptors (Lipinski definition) is 2. The van der Waals surface area contributed by atoms with Crippen molar-refractivity contribution in [2.24, 2.45) is 11.3 Å². The van der Waals surface area contributed by atoms with Gasteiger partial charge in [0.05, 0.1) is 6.10 Å². The second kappa shape index (κ2) is 6.85. The maximum absolute atomic E-state index is 6.68. The fourth-order valence-corrected chi connectivity index (χ4v) is 8.01. The van der Waals surface area contributed by atoms with E-state index in [1.807, 2.05) is 0 Å². The van der Waals surface area contributed by atoms with Crippen LogP contribution in [0.1, 0.15) is 49.7 Å². The zero-order chi connectivity index (χ0) is 20.3. The molecule has 0 spiro atoms. The maximum Gasteiger partial charge on any atom is 0.242 e. The van der Waals surface area contributed by atoms with Crippen molar-refractivity contribution in [1.29, 1.82) is 0 Å². The molecule has 28 heavy (non-hydrogen) atoms. The third-order valence-corrected chi connectivity index (χ3v) is 8.83. The number of rotatable bonds is 4. The highest BCUT2D eigenvalue weighted by Gasteiger charge is 2.53. The number of hydrogen-bond donors (Lipinski definition) is 0. The van der Waals surface area contributed by atoms with Gasteiger partial charge in [0.15, 0.2) is 8.32 Å². The second-order valence-electron chi connectivity index (χ2n) is 11.4. The average Bonchev–Trinajstić information content (AvgIpc) is 2.88. The topological polar surface area (TPSA) is 18.5 Å². The first-order valence-corrected chi connectivity index (χ1v) is 18.0. The summed E-state index contributed by atoms with van der Waals surface area (Å²) < 4.78 is 12.9. The molecule has 0 amide bonds. The van der Waals surface area contributed by atoms with Crippen molar-refractivity contribution in [2.75, 3.05) is 0 Å². The third kappa shape index (κ3) is 3.80. The van der Waals surface area contributed by atoms with E-state index in [0.717, 1.165) is 12.2 Å². The minimum Gasteiger partial charge on any atom is -0.544 e. The molecular formula is C24H38O2Si2. The van der Waals surface area contributed by atoms with Gasteiger partial charge in [-0.1, -0.05) is 24.6 Å². The predicted octanol–water partition coefficient (Wildman–Crippen LogP) is 6.90. The Morgan fingerprint density at radius 3 is 2.39 bits per heavy atom. The highest BCUT2D eigenvalue weighted by atomic mass is 28.4. The summed E-state index contributed by atoms with van der Waals surface area (Å²) in [5.74, 6) is 2.40. The highest BCUT2D eigenvalue weighted by molar-refractivity contribution is 6.70. The van der Waals surface area contributed by atoms with E-state index in [4.69, 9.17) is 8.85 Å². The molecule has 2 nitrogen and oxygen atoms in total. The fourth-order valence-electron chi connectivity index (χ4n) is 5.93. The van der Waals surface area contributed by atoms with Gasteiger partial charge in [0.1, 0.15) is 5.75 Å². The van der Waals surface area contributed by atoms with Crippen LogP contribution in [0.5, 0.6) is 5.75 Å². The van der Waals surface area contributed by atoms with E-state index in [2.05, 4.69) is 70.5 Å². The van der Waals surface area contributed by atoms with Crippen molar-refractivity contribution in [3.63, 3.8) is 0 Å². The number of benzene rings is 1. The monoisotopic (exact) mass is 414 g/mol. The Bertz CT molecular complexity index is 787. The Hall–Kier alpha value is -0.846. The van der Waals surface area contributed by atoms with Gasteiger partial charge in [0.25, 0.3) is 0 Å². The van der Waals surface area contributed by atoms with Crippen LogP contribution in [-0.2, 0) is 10.8 Å². The predicted molar refractivity (Wildman–Crippen MR) is 123 cm³/mol. The Morgan fingerprint density at radius 2 is 1.71 bits per heavy atom. The summed E-state index contributed by atoms with van der Waals surface area (Å²) in [5, 5.41) is 0. The molecule has 1 aromatic rings. The molecule has 4 heteroatoms. The molecule has 2 saturated carbocycles. The van der Waals surface area contributed by atoms with Crippen molar-refractivity contribution in [3.8, 4) is 5.75 Å². The van der Waals surface area contributed by atoms with E-state index in [1.165, 1.54) is 31.2 Å². The van der Waals surface area contributed by atoms with Gasteiger partial charge in [0, 0.05) is 5.92 Å². The van der Waals surface area contributed by atoms with Crippen molar-refractivity contribution >= 4 is 16.6 Å². The lowest BCUT2D eigenvalue weighted by atomic mass is 9.59. The SMILES string of the molecule is CC12CCC3C(=CCc4cc(O[Si](C)(C)C)ccc43)C1CCC2O[Si](C)(C)C. The van der Waals surface area contributed by atoms with Gasteiger partial charge in [-0.15, -0.1) is 0 Å². The van der Waals surface area contributed by atoms with Crippen molar-refractivity contribution < 1.29 is 8.85 Å². The zero-order valence-corrected chi connectivity index (χ0v) is 20.9. The Morgan fingerprint density at radius 1 is 0.964 bits per heavy atom.